The molecule has 0 bridgehead atoms. The van der Waals surface area contributed by atoms with Gasteiger partial charge >= 0.3 is 5.97 Å². The topological polar surface area (TPSA) is 127 Å². The predicted molar refractivity (Wildman–Crippen MR) is 210 cm³/mol. The van der Waals surface area contributed by atoms with Crippen molar-refractivity contribution in [3.63, 3.8) is 0 Å². The summed E-state index contributed by atoms with van der Waals surface area (Å²) < 4.78 is 25.7. The summed E-state index contributed by atoms with van der Waals surface area (Å²) in [6.45, 7) is 20.4. The highest BCUT2D eigenvalue weighted by molar-refractivity contribution is 6.04. The van der Waals surface area contributed by atoms with Gasteiger partial charge in [0.2, 0.25) is 0 Å². The molecule has 4 heterocycles. The molecule has 308 valence electrons. The standard InChI is InChI=1S/C42H73N5O7/c1-28(2)16-20-47-24-29(3)22-42(8,51-11)38(54-39-36(48)21-33(45(9)10)15-14-30(4)53-39)31(5)37(49)41(6,7)40(50)52-26-34(47)13-12-18-46-19-17-35-32(25-46)23-43-27-44-35/h23,27-31,33-34,36,38-39,48H,12-22,24-26H2,1-11H3/t29-,30-,31+,33?,34-,36-,38-,39+,42-/m1/s1. The Morgan fingerprint density at radius 1 is 1.11 bits per heavy atom. The summed E-state index contributed by atoms with van der Waals surface area (Å²) in [4.78, 5) is 44.3. The number of Topliss-reactive ketones (excluding diaryl/α,β-unsaturated/α-hetero) is 1. The molecule has 3 aliphatic rings. The van der Waals surface area contributed by atoms with Crippen LogP contribution in [0.4, 0.5) is 0 Å². The molecule has 1 aromatic heterocycles. The number of rotatable bonds is 11. The van der Waals surface area contributed by atoms with E-state index in [1.54, 1.807) is 27.3 Å². The van der Waals surface area contributed by atoms with Crippen molar-refractivity contribution >= 4 is 11.8 Å². The third-order valence-electron chi connectivity index (χ3n) is 12.3. The lowest BCUT2D eigenvalue weighted by Gasteiger charge is -2.45. The fourth-order valence-electron chi connectivity index (χ4n) is 8.77. The Morgan fingerprint density at radius 3 is 2.54 bits per heavy atom. The first kappa shape index (κ1) is 44.7. The first-order valence-electron chi connectivity index (χ1n) is 20.6. The van der Waals surface area contributed by atoms with Crippen molar-refractivity contribution in [1.82, 2.24) is 24.7 Å². The number of aliphatic hydroxyl groups is 1. The molecule has 9 atom stereocenters. The fourth-order valence-corrected chi connectivity index (χ4v) is 8.77. The SMILES string of the molecule is CO[C@]1(C)C[C@@H](C)CN(CCC(C)C)[C@H](CCCN2CCc3ncncc3C2)COC(=O)C(C)(C)C(=O)[C@H](C)[C@H]1O[C@@H]1O[C@H](C)CCC(N(C)C)C[C@H]1O. The number of hydrogen-bond donors (Lipinski definition) is 1. The van der Waals surface area contributed by atoms with Crippen LogP contribution in [0.3, 0.4) is 0 Å². The van der Waals surface area contributed by atoms with Crippen LogP contribution in [0.15, 0.2) is 12.5 Å². The van der Waals surface area contributed by atoms with E-state index in [9.17, 15) is 14.7 Å². The van der Waals surface area contributed by atoms with E-state index >= 15 is 0 Å². The maximum absolute atomic E-state index is 14.5. The molecule has 0 spiro atoms. The molecular formula is C42H73N5O7. The summed E-state index contributed by atoms with van der Waals surface area (Å²) in [5.74, 6) is -0.931. The Labute approximate surface area is 326 Å². The van der Waals surface area contributed by atoms with E-state index in [1.165, 1.54) is 5.56 Å². The van der Waals surface area contributed by atoms with Gasteiger partial charge in [0.1, 0.15) is 24.5 Å². The predicted octanol–water partition coefficient (Wildman–Crippen LogP) is 5.14. The average molecular weight is 760 g/mol. The van der Waals surface area contributed by atoms with E-state index in [4.69, 9.17) is 18.9 Å². The minimum atomic E-state index is -1.43. The number of aromatic nitrogens is 2. The van der Waals surface area contributed by atoms with E-state index in [-0.39, 0.29) is 36.5 Å². The fraction of sp³-hybridized carbons (Fsp3) is 0.857. The Morgan fingerprint density at radius 2 is 1.85 bits per heavy atom. The summed E-state index contributed by atoms with van der Waals surface area (Å²) in [5, 5.41) is 11.6. The molecule has 0 saturated carbocycles. The lowest BCUT2D eigenvalue weighted by molar-refractivity contribution is -0.277. The molecule has 1 N–H and O–H groups in total. The minimum Gasteiger partial charge on any atom is -0.463 e. The third kappa shape index (κ3) is 11.7. The van der Waals surface area contributed by atoms with Gasteiger partial charge < -0.3 is 29.0 Å². The number of cyclic esters (lactones) is 1. The summed E-state index contributed by atoms with van der Waals surface area (Å²) >= 11 is 0. The Hall–Kier alpha value is -2.06. The van der Waals surface area contributed by atoms with Crippen molar-refractivity contribution in [3.8, 4) is 0 Å². The van der Waals surface area contributed by atoms with Gasteiger partial charge in [0, 0.05) is 68.6 Å². The second-order valence-corrected chi connectivity index (χ2v) is 18.1. The lowest BCUT2D eigenvalue weighted by atomic mass is 9.74. The number of methoxy groups -OCH3 is 1. The molecule has 0 aliphatic carbocycles. The van der Waals surface area contributed by atoms with Gasteiger partial charge in [-0.2, -0.15) is 0 Å². The molecule has 12 heteroatoms. The zero-order chi connectivity index (χ0) is 39.8. The number of ketones is 1. The molecule has 1 aromatic rings. The van der Waals surface area contributed by atoms with Crippen LogP contribution >= 0.6 is 0 Å². The summed E-state index contributed by atoms with van der Waals surface area (Å²) in [5.41, 5.74) is -0.0404. The molecule has 4 rings (SSSR count). The smallest absolute Gasteiger partial charge is 0.319 e. The van der Waals surface area contributed by atoms with Gasteiger partial charge in [-0.05, 0) is 112 Å². The second-order valence-electron chi connectivity index (χ2n) is 18.1. The lowest BCUT2D eigenvalue weighted by Crippen LogP contribution is -2.56. The molecule has 0 amide bonds. The molecule has 0 radical (unpaired) electrons. The van der Waals surface area contributed by atoms with Gasteiger partial charge in [-0.15, -0.1) is 0 Å². The number of carbonyl (C=O) groups is 2. The van der Waals surface area contributed by atoms with Gasteiger partial charge in [-0.25, -0.2) is 9.97 Å². The minimum absolute atomic E-state index is 0.00918. The Kier molecular flexibility index (Phi) is 16.4. The highest BCUT2D eigenvalue weighted by Crippen LogP contribution is 2.38. The van der Waals surface area contributed by atoms with Crippen molar-refractivity contribution in [2.24, 2.45) is 23.2 Å². The number of ether oxygens (including phenoxy) is 4. The van der Waals surface area contributed by atoms with Crippen LogP contribution in [0.25, 0.3) is 0 Å². The van der Waals surface area contributed by atoms with Gasteiger partial charge in [-0.3, -0.25) is 19.4 Å². The van der Waals surface area contributed by atoms with Crippen LogP contribution in [-0.2, 0) is 41.5 Å². The van der Waals surface area contributed by atoms with Crippen LogP contribution in [-0.4, -0.2) is 138 Å². The monoisotopic (exact) mass is 760 g/mol. The molecular weight excluding hydrogens is 686 g/mol. The van der Waals surface area contributed by atoms with Crippen LogP contribution in [0.5, 0.6) is 0 Å². The van der Waals surface area contributed by atoms with E-state index in [1.807, 2.05) is 41.1 Å². The van der Waals surface area contributed by atoms with E-state index in [2.05, 4.69) is 45.4 Å². The van der Waals surface area contributed by atoms with Crippen LogP contribution < -0.4 is 0 Å². The van der Waals surface area contributed by atoms with Crippen molar-refractivity contribution in [2.75, 3.05) is 54.0 Å². The average Bonchev–Trinajstić information content (AvgIpc) is 3.12. The van der Waals surface area contributed by atoms with Crippen LogP contribution in [0.1, 0.15) is 112 Å². The van der Waals surface area contributed by atoms with Gasteiger partial charge in [-0.1, -0.05) is 27.7 Å². The number of nitrogens with zero attached hydrogens (tertiary/aromatic N) is 5. The second kappa shape index (κ2) is 19.9. The van der Waals surface area contributed by atoms with E-state index in [0.717, 1.165) is 76.9 Å². The van der Waals surface area contributed by atoms with Crippen molar-refractivity contribution in [2.45, 2.75) is 156 Å². The first-order valence-corrected chi connectivity index (χ1v) is 20.6. The number of hydrogen-bond acceptors (Lipinski definition) is 12. The van der Waals surface area contributed by atoms with E-state index in [0.29, 0.717) is 18.8 Å². The summed E-state index contributed by atoms with van der Waals surface area (Å²) in [6.07, 6.45) is 7.24. The van der Waals surface area contributed by atoms with Crippen molar-refractivity contribution in [1.29, 1.82) is 0 Å². The number of esters is 1. The maximum atomic E-state index is 14.5. The quantitative estimate of drug-likeness (QED) is 0.237. The summed E-state index contributed by atoms with van der Waals surface area (Å²) in [7, 11) is 5.72. The molecule has 1 unspecified atom stereocenters. The van der Waals surface area contributed by atoms with Gasteiger partial charge in [0.15, 0.2) is 12.1 Å². The van der Waals surface area contributed by atoms with Crippen LogP contribution in [0, 0.1) is 23.2 Å². The van der Waals surface area contributed by atoms with Crippen LogP contribution in [0.2, 0.25) is 0 Å². The number of fused-ring (bicyclic) bond motifs is 1. The Balaban J connectivity index is 1.62. The first-order chi connectivity index (χ1) is 25.4. The number of aliphatic hydroxyl groups excluding tert-OH is 1. The molecule has 2 saturated heterocycles. The zero-order valence-electron chi connectivity index (χ0n) is 35.4. The highest BCUT2D eigenvalue weighted by Gasteiger charge is 2.50. The molecule has 54 heavy (non-hydrogen) atoms. The van der Waals surface area contributed by atoms with Gasteiger partial charge in [0.05, 0.1) is 17.8 Å². The van der Waals surface area contributed by atoms with E-state index < -0.39 is 41.4 Å². The molecule has 12 nitrogen and oxygen atoms in total. The summed E-state index contributed by atoms with van der Waals surface area (Å²) in [6, 6.07) is 0.153. The molecule has 3 aliphatic heterocycles. The normalized spacial score (nSPS) is 34.0. The largest absolute Gasteiger partial charge is 0.463 e. The molecule has 0 aromatic carbocycles. The van der Waals surface area contributed by atoms with Gasteiger partial charge in [0.25, 0.3) is 0 Å². The number of carbonyl (C=O) groups excluding carboxylic acids is 2. The zero-order valence-corrected chi connectivity index (χ0v) is 35.4. The third-order valence-corrected chi connectivity index (χ3v) is 12.3. The maximum Gasteiger partial charge on any atom is 0.319 e. The van der Waals surface area contributed by atoms with Crippen molar-refractivity contribution in [3.05, 3.63) is 23.8 Å². The Bertz CT molecular complexity index is 1350. The highest BCUT2D eigenvalue weighted by atomic mass is 16.7. The molecule has 2 fully saturated rings. The van der Waals surface area contributed by atoms with Crippen molar-refractivity contribution < 1.29 is 33.6 Å².